The SMILES string of the molecule is CCCCCCCCCCCCCCC/C=C/C(O)C(COC1OC(CO)C(O)C(O)C1O)NC(=O)C(O)CCCCCCCCCCCCCCCCCCCCCCCCCCCCCCCCC. The molecule has 1 rings (SSSR count). The lowest BCUT2D eigenvalue weighted by Gasteiger charge is -2.40. The molecule has 1 aliphatic heterocycles. The molecule has 1 fully saturated rings. The second kappa shape index (κ2) is 51.0. The van der Waals surface area contributed by atoms with Crippen molar-refractivity contribution in [1.82, 2.24) is 5.32 Å². The number of unbranched alkanes of at least 4 members (excludes halogenated alkanes) is 43. The van der Waals surface area contributed by atoms with Gasteiger partial charge < -0.3 is 45.4 Å². The smallest absolute Gasteiger partial charge is 0.249 e. The minimum absolute atomic E-state index is 0.301. The maximum Gasteiger partial charge on any atom is 0.249 e. The molecular formula is C61H119NO9. The fraction of sp³-hybridized carbons (Fsp3) is 0.951. The summed E-state index contributed by atoms with van der Waals surface area (Å²) in [6.45, 7) is 3.65. The highest BCUT2D eigenvalue weighted by Crippen LogP contribution is 2.23. The summed E-state index contributed by atoms with van der Waals surface area (Å²) in [5, 5.41) is 65.1. The van der Waals surface area contributed by atoms with Crippen molar-refractivity contribution in [2.45, 2.75) is 358 Å². The van der Waals surface area contributed by atoms with Crippen LogP contribution in [0.5, 0.6) is 0 Å². The number of nitrogens with one attached hydrogen (secondary N) is 1. The zero-order valence-electron chi connectivity index (χ0n) is 46.6. The van der Waals surface area contributed by atoms with Gasteiger partial charge in [0, 0.05) is 0 Å². The lowest BCUT2D eigenvalue weighted by molar-refractivity contribution is -0.302. The average Bonchev–Trinajstić information content (AvgIpc) is 3.37. The van der Waals surface area contributed by atoms with Crippen molar-refractivity contribution >= 4 is 5.91 Å². The first kappa shape index (κ1) is 67.9. The van der Waals surface area contributed by atoms with E-state index in [4.69, 9.17) is 9.47 Å². The second-order valence-electron chi connectivity index (χ2n) is 22.0. The zero-order chi connectivity index (χ0) is 51.7. The summed E-state index contributed by atoms with van der Waals surface area (Å²) in [7, 11) is 0. The van der Waals surface area contributed by atoms with E-state index in [1.165, 1.54) is 244 Å². The molecule has 1 amide bonds. The van der Waals surface area contributed by atoms with E-state index in [-0.39, 0.29) is 6.61 Å². The van der Waals surface area contributed by atoms with E-state index in [1.807, 2.05) is 6.08 Å². The van der Waals surface area contributed by atoms with Gasteiger partial charge in [0.2, 0.25) is 5.91 Å². The summed E-state index contributed by atoms with van der Waals surface area (Å²) in [4.78, 5) is 13.1. The number of amides is 1. The van der Waals surface area contributed by atoms with E-state index in [2.05, 4.69) is 19.2 Å². The van der Waals surface area contributed by atoms with Crippen LogP contribution in [0, 0.1) is 0 Å². The fourth-order valence-corrected chi connectivity index (χ4v) is 10.2. The van der Waals surface area contributed by atoms with E-state index in [9.17, 15) is 35.4 Å². The average molecular weight is 1010 g/mol. The van der Waals surface area contributed by atoms with Gasteiger partial charge in [0.25, 0.3) is 0 Å². The van der Waals surface area contributed by atoms with Crippen LogP contribution in [0.4, 0.5) is 0 Å². The minimum atomic E-state index is -1.61. The molecule has 0 radical (unpaired) electrons. The Morgan fingerprint density at radius 3 is 1.14 bits per heavy atom. The number of ether oxygens (including phenoxy) is 2. The Morgan fingerprint density at radius 2 is 0.803 bits per heavy atom. The Labute approximate surface area is 438 Å². The lowest BCUT2D eigenvalue weighted by Crippen LogP contribution is -2.60. The molecule has 0 aromatic heterocycles. The summed E-state index contributed by atoms with van der Waals surface area (Å²) in [5.41, 5.74) is 0. The van der Waals surface area contributed by atoms with Gasteiger partial charge >= 0.3 is 0 Å². The van der Waals surface area contributed by atoms with Gasteiger partial charge in [0.15, 0.2) is 6.29 Å². The summed E-state index contributed by atoms with van der Waals surface area (Å²) >= 11 is 0. The molecule has 7 N–H and O–H groups in total. The van der Waals surface area contributed by atoms with E-state index in [0.717, 1.165) is 44.9 Å². The molecule has 0 aromatic carbocycles. The van der Waals surface area contributed by atoms with Crippen LogP contribution in [0.25, 0.3) is 0 Å². The van der Waals surface area contributed by atoms with Crippen LogP contribution in [0.2, 0.25) is 0 Å². The number of hydrogen-bond acceptors (Lipinski definition) is 9. The molecule has 0 spiro atoms. The largest absolute Gasteiger partial charge is 0.394 e. The third-order valence-electron chi connectivity index (χ3n) is 15.2. The molecule has 1 heterocycles. The predicted molar refractivity (Wildman–Crippen MR) is 297 cm³/mol. The lowest BCUT2D eigenvalue weighted by atomic mass is 9.99. The van der Waals surface area contributed by atoms with Crippen LogP contribution in [0.15, 0.2) is 12.2 Å². The normalized spacial score (nSPS) is 19.7. The van der Waals surface area contributed by atoms with E-state index in [0.29, 0.717) is 6.42 Å². The number of carbonyl (C=O) groups excluding carboxylic acids is 1. The van der Waals surface area contributed by atoms with Gasteiger partial charge in [0.1, 0.15) is 30.5 Å². The summed E-state index contributed by atoms with van der Waals surface area (Å²) < 4.78 is 11.2. The Bertz CT molecular complexity index is 1140. The molecule has 71 heavy (non-hydrogen) atoms. The molecule has 0 aromatic rings. The fourth-order valence-electron chi connectivity index (χ4n) is 10.2. The highest BCUT2D eigenvalue weighted by molar-refractivity contribution is 5.80. The molecular weight excluding hydrogens is 891 g/mol. The molecule has 0 saturated carbocycles. The van der Waals surface area contributed by atoms with E-state index >= 15 is 0 Å². The standard InChI is InChI=1S/C61H119NO9/c1-3-5-7-9-11-13-15-17-19-20-21-22-23-24-25-26-27-28-29-30-31-32-33-34-36-38-40-42-44-46-48-50-55(65)60(69)62-53(52-70-61-59(68)58(67)57(66)56(51-63)71-61)54(64)49-47-45-43-41-39-37-35-18-16-14-12-10-8-6-4-2/h47,49,53-59,61,63-68H,3-46,48,50-52H2,1-2H3,(H,62,69)/b49-47+. The van der Waals surface area contributed by atoms with Gasteiger partial charge in [-0.15, -0.1) is 0 Å². The number of aliphatic hydroxyl groups excluding tert-OH is 6. The van der Waals surface area contributed by atoms with Crippen molar-refractivity contribution in [3.05, 3.63) is 12.2 Å². The van der Waals surface area contributed by atoms with Gasteiger partial charge in [-0.1, -0.05) is 302 Å². The van der Waals surface area contributed by atoms with Crippen LogP contribution in [-0.2, 0) is 14.3 Å². The summed E-state index contributed by atoms with van der Waals surface area (Å²) in [6, 6.07) is -0.976. The number of rotatable bonds is 54. The molecule has 8 unspecified atom stereocenters. The van der Waals surface area contributed by atoms with Crippen LogP contribution < -0.4 is 5.32 Å². The van der Waals surface area contributed by atoms with Crippen molar-refractivity contribution in [2.75, 3.05) is 13.2 Å². The third-order valence-corrected chi connectivity index (χ3v) is 15.2. The Balaban J connectivity index is 2.15. The molecule has 1 saturated heterocycles. The number of allylic oxidation sites excluding steroid dienone is 1. The topological polar surface area (TPSA) is 169 Å². The quantitative estimate of drug-likeness (QED) is 0.0232. The Kier molecular flexibility index (Phi) is 48.8. The first-order chi connectivity index (χ1) is 34.8. The molecule has 10 heteroatoms. The highest BCUT2D eigenvalue weighted by atomic mass is 16.7. The minimum Gasteiger partial charge on any atom is -0.394 e. The summed E-state index contributed by atoms with van der Waals surface area (Å²) in [6.07, 6.45) is 53.4. The Hall–Kier alpha value is -1.11. The van der Waals surface area contributed by atoms with Crippen LogP contribution >= 0.6 is 0 Å². The van der Waals surface area contributed by atoms with Crippen LogP contribution in [0.3, 0.4) is 0 Å². The predicted octanol–water partition coefficient (Wildman–Crippen LogP) is 14.6. The molecule has 10 nitrogen and oxygen atoms in total. The molecule has 1 aliphatic rings. The molecule has 422 valence electrons. The highest BCUT2D eigenvalue weighted by Gasteiger charge is 2.44. The first-order valence-corrected chi connectivity index (χ1v) is 31.0. The van der Waals surface area contributed by atoms with Gasteiger partial charge in [-0.2, -0.15) is 0 Å². The third kappa shape index (κ3) is 39.9. The monoisotopic (exact) mass is 1010 g/mol. The van der Waals surface area contributed by atoms with Gasteiger partial charge in [0.05, 0.1) is 25.4 Å². The number of carbonyl (C=O) groups is 1. The molecule has 0 aliphatic carbocycles. The zero-order valence-corrected chi connectivity index (χ0v) is 46.6. The van der Waals surface area contributed by atoms with Gasteiger partial charge in [-0.05, 0) is 19.3 Å². The van der Waals surface area contributed by atoms with E-state index < -0.39 is 61.5 Å². The molecule has 8 atom stereocenters. The van der Waals surface area contributed by atoms with Crippen molar-refractivity contribution < 1.29 is 44.9 Å². The Morgan fingerprint density at radius 1 is 0.479 bits per heavy atom. The number of hydrogen-bond donors (Lipinski definition) is 7. The van der Waals surface area contributed by atoms with Gasteiger partial charge in [-0.3, -0.25) is 4.79 Å². The van der Waals surface area contributed by atoms with E-state index in [1.54, 1.807) is 6.08 Å². The maximum absolute atomic E-state index is 13.1. The number of aliphatic hydroxyl groups is 6. The van der Waals surface area contributed by atoms with Crippen molar-refractivity contribution in [1.29, 1.82) is 0 Å². The maximum atomic E-state index is 13.1. The van der Waals surface area contributed by atoms with Crippen molar-refractivity contribution in [3.63, 3.8) is 0 Å². The second-order valence-corrected chi connectivity index (χ2v) is 22.0. The summed E-state index contributed by atoms with van der Waals surface area (Å²) in [5.74, 6) is -0.609. The van der Waals surface area contributed by atoms with Gasteiger partial charge in [-0.25, -0.2) is 0 Å². The van der Waals surface area contributed by atoms with Crippen LogP contribution in [-0.4, -0.2) is 98.7 Å². The van der Waals surface area contributed by atoms with Crippen LogP contribution in [0.1, 0.15) is 309 Å². The molecule has 0 bridgehead atoms. The van der Waals surface area contributed by atoms with Crippen molar-refractivity contribution in [2.24, 2.45) is 0 Å². The first-order valence-electron chi connectivity index (χ1n) is 31.0. The van der Waals surface area contributed by atoms with Crippen molar-refractivity contribution in [3.8, 4) is 0 Å².